The van der Waals surface area contributed by atoms with Crippen molar-refractivity contribution >= 4 is 20.7 Å². The van der Waals surface area contributed by atoms with Crippen molar-refractivity contribution in [1.82, 2.24) is 10.3 Å². The van der Waals surface area contributed by atoms with Crippen LogP contribution in [0.1, 0.15) is 18.9 Å². The van der Waals surface area contributed by atoms with Gasteiger partial charge in [-0.05, 0) is 31.0 Å². The van der Waals surface area contributed by atoms with Crippen molar-refractivity contribution < 1.29 is 8.42 Å². The number of benzene rings is 1. The molecule has 21 heavy (non-hydrogen) atoms. The minimum atomic E-state index is -2.89. The van der Waals surface area contributed by atoms with Crippen LogP contribution in [0.5, 0.6) is 0 Å². The fourth-order valence-electron chi connectivity index (χ4n) is 2.36. The van der Waals surface area contributed by atoms with Gasteiger partial charge >= 0.3 is 0 Å². The summed E-state index contributed by atoms with van der Waals surface area (Å²) < 4.78 is 23.2. The Kier molecular flexibility index (Phi) is 5.70. The van der Waals surface area contributed by atoms with E-state index in [1.54, 1.807) is 6.20 Å². The van der Waals surface area contributed by atoms with Crippen LogP contribution >= 0.6 is 0 Å². The fourth-order valence-corrected chi connectivity index (χ4v) is 3.64. The van der Waals surface area contributed by atoms with Crippen molar-refractivity contribution in [2.75, 3.05) is 24.6 Å². The highest BCUT2D eigenvalue weighted by Gasteiger charge is 2.08. The van der Waals surface area contributed by atoms with Gasteiger partial charge in [-0.15, -0.1) is 0 Å². The lowest BCUT2D eigenvalue weighted by atomic mass is 10.1. The van der Waals surface area contributed by atoms with Gasteiger partial charge in [0, 0.05) is 23.9 Å². The molecule has 114 valence electrons. The number of rotatable bonds is 8. The molecule has 0 aliphatic rings. The summed E-state index contributed by atoms with van der Waals surface area (Å²) in [6, 6.07) is 10.1. The van der Waals surface area contributed by atoms with E-state index in [-0.39, 0.29) is 11.5 Å². The third-order valence-corrected chi connectivity index (χ3v) is 5.25. The van der Waals surface area contributed by atoms with Crippen LogP contribution in [0.4, 0.5) is 0 Å². The first kappa shape index (κ1) is 15.9. The molecule has 1 heterocycles. The highest BCUT2D eigenvalue weighted by molar-refractivity contribution is 7.91. The first-order valence-corrected chi connectivity index (χ1v) is 9.18. The Morgan fingerprint density at radius 1 is 1.10 bits per heavy atom. The third-order valence-electron chi connectivity index (χ3n) is 3.39. The lowest BCUT2D eigenvalue weighted by Crippen LogP contribution is -2.26. The van der Waals surface area contributed by atoms with Crippen LogP contribution in [-0.2, 0) is 16.3 Å². The Bertz CT molecular complexity index is 678. The van der Waals surface area contributed by atoms with Crippen LogP contribution in [0.15, 0.2) is 36.5 Å². The molecule has 5 heteroatoms. The molecule has 0 radical (unpaired) electrons. The molecule has 1 N–H and O–H groups in total. The van der Waals surface area contributed by atoms with Crippen molar-refractivity contribution in [3.8, 4) is 0 Å². The molecule has 0 bridgehead atoms. The summed E-state index contributed by atoms with van der Waals surface area (Å²) in [7, 11) is -2.89. The van der Waals surface area contributed by atoms with Crippen molar-refractivity contribution in [3.63, 3.8) is 0 Å². The molecule has 0 spiro atoms. The minimum Gasteiger partial charge on any atom is -0.315 e. The molecule has 0 aliphatic heterocycles. The highest BCUT2D eigenvalue weighted by Crippen LogP contribution is 2.15. The van der Waals surface area contributed by atoms with Gasteiger partial charge in [-0.3, -0.25) is 4.98 Å². The highest BCUT2D eigenvalue weighted by atomic mass is 32.2. The topological polar surface area (TPSA) is 59.1 Å². The van der Waals surface area contributed by atoms with E-state index < -0.39 is 9.84 Å². The number of fused-ring (bicyclic) bond motifs is 1. The molecule has 0 saturated carbocycles. The summed E-state index contributed by atoms with van der Waals surface area (Å²) in [5, 5.41) is 4.35. The maximum Gasteiger partial charge on any atom is 0.151 e. The zero-order chi connectivity index (χ0) is 15.1. The summed E-state index contributed by atoms with van der Waals surface area (Å²) in [5.74, 6) is 0.497. The van der Waals surface area contributed by atoms with E-state index in [0.29, 0.717) is 13.0 Å². The Balaban J connectivity index is 1.83. The molecular weight excluding hydrogens is 284 g/mol. The molecule has 2 aromatic rings. The zero-order valence-corrected chi connectivity index (χ0v) is 13.2. The van der Waals surface area contributed by atoms with Crippen LogP contribution in [0, 0.1) is 0 Å². The Morgan fingerprint density at radius 2 is 1.90 bits per heavy atom. The van der Waals surface area contributed by atoms with Crippen LogP contribution in [0.25, 0.3) is 10.9 Å². The number of para-hydroxylation sites is 1. The second-order valence-electron chi connectivity index (χ2n) is 5.14. The summed E-state index contributed by atoms with van der Waals surface area (Å²) in [4.78, 5) is 4.42. The smallest absolute Gasteiger partial charge is 0.151 e. The zero-order valence-electron chi connectivity index (χ0n) is 12.4. The van der Waals surface area contributed by atoms with Crippen molar-refractivity contribution in [2.45, 2.75) is 19.8 Å². The number of hydrogen-bond donors (Lipinski definition) is 1. The number of hydrogen-bond acceptors (Lipinski definition) is 4. The van der Waals surface area contributed by atoms with E-state index in [1.807, 2.05) is 19.1 Å². The van der Waals surface area contributed by atoms with Crippen molar-refractivity contribution in [3.05, 3.63) is 42.1 Å². The first-order chi connectivity index (χ1) is 10.1. The van der Waals surface area contributed by atoms with Gasteiger partial charge < -0.3 is 5.32 Å². The normalized spacial score (nSPS) is 11.9. The Labute approximate surface area is 126 Å². The Morgan fingerprint density at radius 3 is 2.71 bits per heavy atom. The number of aromatic nitrogens is 1. The van der Waals surface area contributed by atoms with Gasteiger partial charge in [-0.2, -0.15) is 0 Å². The van der Waals surface area contributed by atoms with E-state index in [2.05, 4.69) is 28.5 Å². The largest absolute Gasteiger partial charge is 0.315 e. The summed E-state index contributed by atoms with van der Waals surface area (Å²) in [6.07, 6.45) is 3.34. The molecule has 0 atom stereocenters. The molecule has 1 aromatic carbocycles. The number of nitrogens with zero attached hydrogens (tertiary/aromatic N) is 1. The summed E-state index contributed by atoms with van der Waals surface area (Å²) in [5.41, 5.74) is 2.22. The maximum absolute atomic E-state index is 11.6. The van der Waals surface area contributed by atoms with Crippen LogP contribution in [-0.4, -0.2) is 38.0 Å². The van der Waals surface area contributed by atoms with Gasteiger partial charge in [0.25, 0.3) is 0 Å². The van der Waals surface area contributed by atoms with Crippen LogP contribution in [0.3, 0.4) is 0 Å². The van der Waals surface area contributed by atoms with E-state index in [4.69, 9.17) is 0 Å². The van der Waals surface area contributed by atoms with Crippen molar-refractivity contribution in [2.24, 2.45) is 0 Å². The molecule has 0 aliphatic carbocycles. The van der Waals surface area contributed by atoms with Gasteiger partial charge in [0.1, 0.15) is 0 Å². The second kappa shape index (κ2) is 7.52. The molecule has 0 unspecified atom stereocenters. The third kappa shape index (κ3) is 4.79. The van der Waals surface area contributed by atoms with Gasteiger partial charge in [0.05, 0.1) is 11.3 Å². The second-order valence-corrected chi connectivity index (χ2v) is 7.45. The number of nitrogens with one attached hydrogen (secondary N) is 1. The first-order valence-electron chi connectivity index (χ1n) is 7.36. The summed E-state index contributed by atoms with van der Waals surface area (Å²) in [6.45, 7) is 3.16. The molecule has 0 saturated heterocycles. The Hall–Kier alpha value is -1.46. The van der Waals surface area contributed by atoms with E-state index in [9.17, 15) is 8.42 Å². The predicted octanol–water partition coefficient (Wildman–Crippen LogP) is 2.19. The fraction of sp³-hybridized carbons (Fsp3) is 0.438. The van der Waals surface area contributed by atoms with Gasteiger partial charge in [0.2, 0.25) is 0 Å². The van der Waals surface area contributed by atoms with Gasteiger partial charge in [0.15, 0.2) is 9.84 Å². The van der Waals surface area contributed by atoms with E-state index in [1.165, 1.54) is 5.56 Å². The minimum absolute atomic E-state index is 0.217. The molecule has 4 nitrogen and oxygen atoms in total. The average Bonchev–Trinajstić information content (AvgIpc) is 2.47. The van der Waals surface area contributed by atoms with Crippen molar-refractivity contribution in [1.29, 1.82) is 0 Å². The van der Waals surface area contributed by atoms with Crippen LogP contribution in [0.2, 0.25) is 0 Å². The molecule has 0 fully saturated rings. The molecule has 2 rings (SSSR count). The molecule has 0 amide bonds. The SMILES string of the molecule is CCCS(=O)(=O)CCNCCc1cccc2cccnc12. The number of pyridine rings is 1. The summed E-state index contributed by atoms with van der Waals surface area (Å²) >= 11 is 0. The number of sulfone groups is 1. The molecular formula is C16H22N2O2S. The molecule has 1 aromatic heterocycles. The predicted molar refractivity (Wildman–Crippen MR) is 87.3 cm³/mol. The monoisotopic (exact) mass is 306 g/mol. The van der Waals surface area contributed by atoms with Gasteiger partial charge in [-0.1, -0.05) is 31.2 Å². The maximum atomic E-state index is 11.6. The van der Waals surface area contributed by atoms with Gasteiger partial charge in [-0.25, -0.2) is 8.42 Å². The van der Waals surface area contributed by atoms with Crippen LogP contribution < -0.4 is 5.32 Å². The average molecular weight is 306 g/mol. The standard InChI is InChI=1S/C16H22N2O2S/c1-2-12-21(19,20)13-11-17-10-8-15-6-3-5-14-7-4-9-18-16(14)15/h3-7,9,17H,2,8,10-13H2,1H3. The van der Waals surface area contributed by atoms with E-state index >= 15 is 0 Å². The quantitative estimate of drug-likeness (QED) is 0.760. The van der Waals surface area contributed by atoms with E-state index in [0.717, 1.165) is 23.9 Å². The lowest BCUT2D eigenvalue weighted by Gasteiger charge is -2.07. The lowest BCUT2D eigenvalue weighted by molar-refractivity contribution is 0.589.